The number of piperidine rings is 1. The number of hydrogen-bond acceptors (Lipinski definition) is 4. The SMILES string of the molecule is NC(=O)c1cccc(C2C[C@H]3CC[C@@H](C2)N3CCN(CCCc2ccccc2)C(=O)CO)c1. The number of aliphatic hydroxyl groups excluding tert-OH is 1. The normalized spacial score (nSPS) is 22.3. The van der Waals surface area contributed by atoms with Gasteiger partial charge in [-0.25, -0.2) is 0 Å². The first-order valence-electron chi connectivity index (χ1n) is 12.1. The Bertz CT molecular complexity index is 935. The molecule has 4 rings (SSSR count). The number of fused-ring (bicyclic) bond motifs is 2. The fourth-order valence-electron chi connectivity index (χ4n) is 5.67. The van der Waals surface area contributed by atoms with E-state index in [9.17, 15) is 14.7 Å². The predicted molar refractivity (Wildman–Crippen MR) is 129 cm³/mol. The predicted octanol–water partition coefficient (Wildman–Crippen LogP) is 2.95. The molecule has 33 heavy (non-hydrogen) atoms. The maximum atomic E-state index is 12.3. The monoisotopic (exact) mass is 449 g/mol. The largest absolute Gasteiger partial charge is 0.387 e. The van der Waals surface area contributed by atoms with Crippen LogP contribution in [0.25, 0.3) is 0 Å². The van der Waals surface area contributed by atoms with Crippen LogP contribution in [0.4, 0.5) is 0 Å². The first-order valence-corrected chi connectivity index (χ1v) is 12.1. The minimum atomic E-state index is -0.434. The molecule has 2 aromatic carbocycles. The molecule has 2 fully saturated rings. The van der Waals surface area contributed by atoms with Crippen LogP contribution in [0, 0.1) is 0 Å². The number of amides is 2. The minimum Gasteiger partial charge on any atom is -0.387 e. The van der Waals surface area contributed by atoms with Crippen LogP contribution >= 0.6 is 0 Å². The van der Waals surface area contributed by atoms with Crippen molar-refractivity contribution in [3.05, 3.63) is 71.3 Å². The van der Waals surface area contributed by atoms with E-state index in [2.05, 4.69) is 23.1 Å². The molecule has 2 heterocycles. The van der Waals surface area contributed by atoms with Crippen LogP contribution in [0.1, 0.15) is 59.5 Å². The van der Waals surface area contributed by atoms with E-state index in [1.165, 1.54) is 24.0 Å². The highest BCUT2D eigenvalue weighted by atomic mass is 16.3. The van der Waals surface area contributed by atoms with Crippen LogP contribution < -0.4 is 5.73 Å². The summed E-state index contributed by atoms with van der Waals surface area (Å²) in [7, 11) is 0. The van der Waals surface area contributed by atoms with Gasteiger partial charge in [0.05, 0.1) is 0 Å². The van der Waals surface area contributed by atoms with Gasteiger partial charge in [0.1, 0.15) is 6.61 Å². The van der Waals surface area contributed by atoms with Crippen LogP contribution in [-0.2, 0) is 11.2 Å². The van der Waals surface area contributed by atoms with E-state index >= 15 is 0 Å². The van der Waals surface area contributed by atoms with Crippen LogP contribution in [0.3, 0.4) is 0 Å². The number of hydrogen-bond donors (Lipinski definition) is 2. The highest BCUT2D eigenvalue weighted by Gasteiger charge is 2.41. The Hall–Kier alpha value is -2.70. The fraction of sp³-hybridized carbons (Fsp3) is 0.481. The third kappa shape index (κ3) is 5.81. The number of aliphatic hydroxyl groups is 1. The van der Waals surface area contributed by atoms with Gasteiger partial charge in [-0.1, -0.05) is 42.5 Å². The molecule has 0 aliphatic carbocycles. The summed E-state index contributed by atoms with van der Waals surface area (Å²) in [6.45, 7) is 1.74. The van der Waals surface area contributed by atoms with E-state index in [1.807, 2.05) is 35.2 Å². The molecule has 2 aromatic rings. The summed E-state index contributed by atoms with van der Waals surface area (Å²) >= 11 is 0. The average Bonchev–Trinajstić information content (AvgIpc) is 3.07. The maximum absolute atomic E-state index is 12.3. The van der Waals surface area contributed by atoms with Gasteiger partial charge in [0, 0.05) is 37.3 Å². The molecule has 2 saturated heterocycles. The zero-order valence-electron chi connectivity index (χ0n) is 19.2. The second-order valence-electron chi connectivity index (χ2n) is 9.41. The molecule has 2 aliphatic rings. The lowest BCUT2D eigenvalue weighted by Gasteiger charge is -2.40. The van der Waals surface area contributed by atoms with Crippen molar-refractivity contribution in [2.45, 2.75) is 56.5 Å². The molecule has 2 amide bonds. The number of carbonyl (C=O) groups is 2. The molecular weight excluding hydrogens is 414 g/mol. The fourth-order valence-corrected chi connectivity index (χ4v) is 5.67. The van der Waals surface area contributed by atoms with Gasteiger partial charge in [-0.3, -0.25) is 14.5 Å². The third-order valence-electron chi connectivity index (χ3n) is 7.38. The molecule has 2 aliphatic heterocycles. The Morgan fingerprint density at radius 2 is 1.73 bits per heavy atom. The number of carbonyl (C=O) groups excluding carboxylic acids is 2. The van der Waals surface area contributed by atoms with Gasteiger partial charge in [-0.15, -0.1) is 0 Å². The van der Waals surface area contributed by atoms with Crippen molar-refractivity contribution >= 4 is 11.8 Å². The number of benzene rings is 2. The summed E-state index contributed by atoms with van der Waals surface area (Å²) in [5.41, 5.74) is 8.54. The summed E-state index contributed by atoms with van der Waals surface area (Å²) in [5, 5.41) is 9.46. The van der Waals surface area contributed by atoms with Crippen molar-refractivity contribution in [2.75, 3.05) is 26.2 Å². The highest BCUT2D eigenvalue weighted by Crippen LogP contribution is 2.43. The van der Waals surface area contributed by atoms with Crippen molar-refractivity contribution in [1.82, 2.24) is 9.80 Å². The first-order chi connectivity index (χ1) is 16.0. The number of nitrogens with zero attached hydrogens (tertiary/aromatic N) is 2. The number of nitrogens with two attached hydrogens (primary N) is 1. The molecular formula is C27H35N3O3. The van der Waals surface area contributed by atoms with Crippen molar-refractivity contribution in [2.24, 2.45) is 5.73 Å². The van der Waals surface area contributed by atoms with Crippen molar-refractivity contribution < 1.29 is 14.7 Å². The lowest BCUT2D eigenvalue weighted by molar-refractivity contribution is -0.134. The van der Waals surface area contributed by atoms with Crippen LogP contribution in [0.15, 0.2) is 54.6 Å². The second-order valence-corrected chi connectivity index (χ2v) is 9.41. The number of primary amides is 1. The Morgan fingerprint density at radius 3 is 2.39 bits per heavy atom. The summed E-state index contributed by atoms with van der Waals surface area (Å²) in [6.07, 6.45) is 6.32. The van der Waals surface area contributed by atoms with E-state index in [1.54, 1.807) is 6.07 Å². The van der Waals surface area contributed by atoms with E-state index < -0.39 is 6.61 Å². The minimum absolute atomic E-state index is 0.187. The molecule has 1 unspecified atom stereocenters. The number of rotatable bonds is 10. The first kappa shape index (κ1) is 23.5. The second kappa shape index (κ2) is 10.9. The summed E-state index contributed by atoms with van der Waals surface area (Å²) < 4.78 is 0. The van der Waals surface area contributed by atoms with E-state index in [4.69, 9.17) is 5.73 Å². The van der Waals surface area contributed by atoms with E-state index in [0.717, 1.165) is 32.2 Å². The molecule has 6 nitrogen and oxygen atoms in total. The summed E-state index contributed by atoms with van der Waals surface area (Å²) in [5.74, 6) is -0.120. The van der Waals surface area contributed by atoms with Crippen molar-refractivity contribution in [3.63, 3.8) is 0 Å². The molecule has 0 radical (unpaired) electrons. The molecule has 3 N–H and O–H groups in total. The van der Waals surface area contributed by atoms with Crippen molar-refractivity contribution in [1.29, 1.82) is 0 Å². The molecule has 0 spiro atoms. The Balaban J connectivity index is 1.32. The van der Waals surface area contributed by atoms with Crippen molar-refractivity contribution in [3.8, 4) is 0 Å². The molecule has 2 bridgehead atoms. The standard InChI is InChI=1S/C27H35N3O3/c28-27(33)22-10-4-9-21(16-22)23-17-24-11-12-25(18-23)30(24)15-14-29(26(32)19-31)13-5-8-20-6-2-1-3-7-20/h1-4,6-7,9-10,16,23-25,31H,5,8,11-15,17-19H2,(H2,28,33)/t23?,24-,25+. The number of aryl methyl sites for hydroxylation is 1. The molecule has 6 heteroatoms. The van der Waals surface area contributed by atoms with Gasteiger partial charge in [0.25, 0.3) is 0 Å². The Kier molecular flexibility index (Phi) is 7.78. The van der Waals surface area contributed by atoms with Crippen LogP contribution in [0.2, 0.25) is 0 Å². The average molecular weight is 450 g/mol. The zero-order chi connectivity index (χ0) is 23.2. The Morgan fingerprint density at radius 1 is 1.00 bits per heavy atom. The quantitative estimate of drug-likeness (QED) is 0.584. The van der Waals surface area contributed by atoms with Gasteiger partial charge >= 0.3 is 0 Å². The van der Waals surface area contributed by atoms with Gasteiger partial charge in [0.2, 0.25) is 11.8 Å². The highest BCUT2D eigenvalue weighted by molar-refractivity contribution is 5.92. The third-order valence-corrected chi connectivity index (χ3v) is 7.38. The molecule has 3 atom stereocenters. The van der Waals surface area contributed by atoms with Crippen LogP contribution in [-0.4, -0.2) is 65.0 Å². The Labute approximate surface area is 196 Å². The summed E-state index contributed by atoms with van der Waals surface area (Å²) in [4.78, 5) is 28.3. The molecule has 176 valence electrons. The smallest absolute Gasteiger partial charge is 0.248 e. The summed E-state index contributed by atoms with van der Waals surface area (Å²) in [6, 6.07) is 19.1. The van der Waals surface area contributed by atoms with E-state index in [0.29, 0.717) is 36.7 Å². The van der Waals surface area contributed by atoms with Crippen LogP contribution in [0.5, 0.6) is 0 Å². The lowest BCUT2D eigenvalue weighted by Crippen LogP contribution is -2.47. The van der Waals surface area contributed by atoms with Gasteiger partial charge in [0.15, 0.2) is 0 Å². The van der Waals surface area contributed by atoms with Gasteiger partial charge in [-0.05, 0) is 67.7 Å². The van der Waals surface area contributed by atoms with Gasteiger partial charge < -0.3 is 15.7 Å². The van der Waals surface area contributed by atoms with E-state index in [-0.39, 0.29) is 11.8 Å². The lowest BCUT2D eigenvalue weighted by atomic mass is 9.84. The zero-order valence-corrected chi connectivity index (χ0v) is 19.2. The maximum Gasteiger partial charge on any atom is 0.248 e. The topological polar surface area (TPSA) is 86.9 Å². The molecule has 0 saturated carbocycles. The molecule has 0 aromatic heterocycles. The van der Waals surface area contributed by atoms with Gasteiger partial charge in [-0.2, -0.15) is 0 Å².